The maximum absolute atomic E-state index is 8.97. The number of hydrogen-bond donors (Lipinski definition) is 2. The molecule has 0 aliphatic rings. The third-order valence-corrected chi connectivity index (χ3v) is 1.85. The topological polar surface area (TPSA) is 48.9 Å². The zero-order chi connectivity index (χ0) is 7.84. The van der Waals surface area contributed by atoms with Crippen LogP contribution in [0.25, 0.3) is 11.0 Å². The summed E-state index contributed by atoms with van der Waals surface area (Å²) in [5.74, 6) is 0. The van der Waals surface area contributed by atoms with Crippen molar-refractivity contribution in [2.75, 3.05) is 0 Å². The second-order valence-corrected chi connectivity index (χ2v) is 3.00. The molecule has 3 nitrogen and oxygen atoms in total. The van der Waals surface area contributed by atoms with Crippen LogP contribution < -0.4 is 5.30 Å². The summed E-state index contributed by atoms with van der Waals surface area (Å²) in [7, 11) is 2.58. The van der Waals surface area contributed by atoms with Gasteiger partial charge in [-0.15, -0.1) is 9.24 Å². The van der Waals surface area contributed by atoms with E-state index < -0.39 is 0 Å². The molecule has 1 aromatic carbocycles. The fraction of sp³-hybridized carbons (Fsp3) is 0. The SMILES string of the molecule is Oc1nc2cc(P)ccc2[nH]1. The molecule has 1 heterocycles. The monoisotopic (exact) mass is 166 g/mol. The van der Waals surface area contributed by atoms with Gasteiger partial charge in [0.05, 0.1) is 11.0 Å². The van der Waals surface area contributed by atoms with Crippen molar-refractivity contribution in [1.29, 1.82) is 0 Å². The Kier molecular flexibility index (Phi) is 1.33. The molecule has 0 aliphatic heterocycles. The second-order valence-electron chi connectivity index (χ2n) is 2.34. The van der Waals surface area contributed by atoms with Crippen LogP contribution in [0.5, 0.6) is 6.01 Å². The number of aromatic nitrogens is 2. The van der Waals surface area contributed by atoms with Crippen molar-refractivity contribution in [2.24, 2.45) is 0 Å². The number of H-pyrrole nitrogens is 1. The molecule has 1 atom stereocenters. The molecule has 0 bridgehead atoms. The minimum absolute atomic E-state index is 0.0319. The molecule has 0 saturated heterocycles. The normalized spacial score (nSPS) is 10.6. The van der Waals surface area contributed by atoms with Crippen LogP contribution in [-0.2, 0) is 0 Å². The fourth-order valence-electron chi connectivity index (χ4n) is 1.01. The Morgan fingerprint density at radius 3 is 3.09 bits per heavy atom. The average molecular weight is 166 g/mol. The summed E-state index contributed by atoms with van der Waals surface area (Å²) in [5, 5.41) is 10.0. The number of nitrogens with zero attached hydrogens (tertiary/aromatic N) is 1. The van der Waals surface area contributed by atoms with Crippen molar-refractivity contribution < 1.29 is 5.11 Å². The number of benzene rings is 1. The highest BCUT2D eigenvalue weighted by molar-refractivity contribution is 7.27. The number of fused-ring (bicyclic) bond motifs is 1. The summed E-state index contributed by atoms with van der Waals surface area (Å²) < 4.78 is 0. The van der Waals surface area contributed by atoms with E-state index in [0.29, 0.717) is 0 Å². The van der Waals surface area contributed by atoms with Gasteiger partial charge in [-0.05, 0) is 17.4 Å². The van der Waals surface area contributed by atoms with Crippen LogP contribution in [0.3, 0.4) is 0 Å². The van der Waals surface area contributed by atoms with Crippen molar-refractivity contribution in [3.63, 3.8) is 0 Å². The summed E-state index contributed by atoms with van der Waals surface area (Å²) in [6.07, 6.45) is 0. The van der Waals surface area contributed by atoms with Crippen molar-refractivity contribution >= 4 is 25.6 Å². The Morgan fingerprint density at radius 1 is 1.45 bits per heavy atom. The maximum atomic E-state index is 8.97. The Balaban J connectivity index is 2.82. The van der Waals surface area contributed by atoms with Crippen LogP contribution in [-0.4, -0.2) is 15.1 Å². The molecule has 0 fully saturated rings. The molecule has 0 amide bonds. The van der Waals surface area contributed by atoms with Gasteiger partial charge >= 0.3 is 0 Å². The highest BCUT2D eigenvalue weighted by Crippen LogP contribution is 2.13. The van der Waals surface area contributed by atoms with Crippen molar-refractivity contribution in [3.8, 4) is 6.01 Å². The van der Waals surface area contributed by atoms with E-state index in [0.717, 1.165) is 16.3 Å². The number of imidazole rings is 1. The lowest BCUT2D eigenvalue weighted by atomic mass is 10.3. The first kappa shape index (κ1) is 6.62. The third-order valence-electron chi connectivity index (χ3n) is 1.49. The average Bonchev–Trinajstić information content (AvgIpc) is 2.27. The van der Waals surface area contributed by atoms with Gasteiger partial charge < -0.3 is 10.1 Å². The van der Waals surface area contributed by atoms with E-state index >= 15 is 0 Å². The first-order valence-electron chi connectivity index (χ1n) is 3.20. The molecule has 56 valence electrons. The Bertz CT molecular complexity index is 396. The van der Waals surface area contributed by atoms with Crippen LogP contribution in [0.2, 0.25) is 0 Å². The lowest BCUT2D eigenvalue weighted by Gasteiger charge is -1.88. The van der Waals surface area contributed by atoms with Crippen molar-refractivity contribution in [1.82, 2.24) is 9.97 Å². The van der Waals surface area contributed by atoms with Gasteiger partial charge in [0.15, 0.2) is 0 Å². The van der Waals surface area contributed by atoms with Gasteiger partial charge in [0.2, 0.25) is 0 Å². The summed E-state index contributed by atoms with van der Waals surface area (Å²) in [6.45, 7) is 0. The summed E-state index contributed by atoms with van der Waals surface area (Å²) in [6, 6.07) is 5.67. The van der Waals surface area contributed by atoms with Gasteiger partial charge in [0, 0.05) is 0 Å². The lowest BCUT2D eigenvalue weighted by Crippen LogP contribution is -1.86. The molecule has 2 rings (SSSR count). The first-order chi connectivity index (χ1) is 5.25. The quantitative estimate of drug-likeness (QED) is 0.568. The van der Waals surface area contributed by atoms with Gasteiger partial charge in [0.1, 0.15) is 0 Å². The first-order valence-corrected chi connectivity index (χ1v) is 3.77. The molecular weight excluding hydrogens is 159 g/mol. The molecule has 11 heavy (non-hydrogen) atoms. The standard InChI is InChI=1S/C7H7N2OP/c10-7-8-5-2-1-4(11)3-6(5)9-7/h1-3H,11H2,(H2,8,9,10). The minimum atomic E-state index is -0.0319. The van der Waals surface area contributed by atoms with E-state index in [9.17, 15) is 0 Å². The van der Waals surface area contributed by atoms with Crippen LogP contribution in [0.4, 0.5) is 0 Å². The van der Waals surface area contributed by atoms with E-state index in [1.165, 1.54) is 0 Å². The summed E-state index contributed by atoms with van der Waals surface area (Å²) in [5.41, 5.74) is 1.64. The largest absolute Gasteiger partial charge is 0.480 e. The number of aromatic hydroxyl groups is 1. The van der Waals surface area contributed by atoms with Gasteiger partial charge in [0.25, 0.3) is 6.01 Å². The third kappa shape index (κ3) is 1.08. The molecular formula is C7H7N2OP. The summed E-state index contributed by atoms with van der Waals surface area (Å²) >= 11 is 0. The second kappa shape index (κ2) is 2.21. The van der Waals surface area contributed by atoms with E-state index in [1.807, 2.05) is 18.2 Å². The highest BCUT2D eigenvalue weighted by Gasteiger charge is 1.98. The van der Waals surface area contributed by atoms with Crippen LogP contribution in [0, 0.1) is 0 Å². The van der Waals surface area contributed by atoms with Gasteiger partial charge in [-0.3, -0.25) is 0 Å². The van der Waals surface area contributed by atoms with Crippen LogP contribution >= 0.6 is 9.24 Å². The molecule has 2 aromatic rings. The van der Waals surface area contributed by atoms with E-state index in [-0.39, 0.29) is 6.01 Å². The molecule has 0 aliphatic carbocycles. The zero-order valence-corrected chi connectivity index (χ0v) is 6.86. The van der Waals surface area contributed by atoms with E-state index in [2.05, 4.69) is 19.2 Å². The van der Waals surface area contributed by atoms with Gasteiger partial charge in [-0.2, -0.15) is 4.98 Å². The lowest BCUT2D eigenvalue weighted by molar-refractivity contribution is 0.438. The number of aromatic amines is 1. The zero-order valence-electron chi connectivity index (χ0n) is 5.70. The molecule has 0 saturated carbocycles. The number of rotatable bonds is 0. The van der Waals surface area contributed by atoms with Crippen molar-refractivity contribution in [3.05, 3.63) is 18.2 Å². The number of hydrogen-bond acceptors (Lipinski definition) is 2. The van der Waals surface area contributed by atoms with Gasteiger partial charge in [-0.25, -0.2) is 0 Å². The predicted octanol–water partition coefficient (Wildman–Crippen LogP) is 0.769. The molecule has 0 spiro atoms. The molecule has 4 heteroatoms. The van der Waals surface area contributed by atoms with Gasteiger partial charge in [-0.1, -0.05) is 6.07 Å². The number of nitrogens with one attached hydrogen (secondary N) is 1. The Hall–Kier alpha value is -1.08. The Labute approximate surface area is 65.7 Å². The molecule has 1 unspecified atom stereocenters. The summed E-state index contributed by atoms with van der Waals surface area (Å²) in [4.78, 5) is 6.58. The van der Waals surface area contributed by atoms with Crippen LogP contribution in [0.1, 0.15) is 0 Å². The maximum Gasteiger partial charge on any atom is 0.292 e. The predicted molar refractivity (Wildman–Crippen MR) is 47.1 cm³/mol. The Morgan fingerprint density at radius 2 is 2.27 bits per heavy atom. The smallest absolute Gasteiger partial charge is 0.292 e. The van der Waals surface area contributed by atoms with Crippen molar-refractivity contribution in [2.45, 2.75) is 0 Å². The molecule has 0 radical (unpaired) electrons. The molecule has 2 N–H and O–H groups in total. The minimum Gasteiger partial charge on any atom is -0.480 e. The van der Waals surface area contributed by atoms with E-state index in [4.69, 9.17) is 5.11 Å². The highest BCUT2D eigenvalue weighted by atomic mass is 31.0. The molecule has 1 aromatic heterocycles. The van der Waals surface area contributed by atoms with Crippen LogP contribution in [0.15, 0.2) is 18.2 Å². The van der Waals surface area contributed by atoms with E-state index in [1.54, 1.807) is 0 Å². The fourth-order valence-corrected chi connectivity index (χ4v) is 1.26.